The first kappa shape index (κ1) is 20.4. The minimum absolute atomic E-state index is 0.219. The van der Waals surface area contributed by atoms with Gasteiger partial charge in [0, 0.05) is 0 Å². The molecule has 0 aliphatic heterocycles. The SMILES string of the molecule is CC(C)C[C@H](NC(N)=O)C(=O)N[C@H](Cc1ccccc1)c1nc2ccccc2[nH]1. The Hall–Kier alpha value is -3.35. The summed E-state index contributed by atoms with van der Waals surface area (Å²) in [6.07, 6.45) is 1.06. The fraction of sp³-hybridized carbons (Fsp3) is 0.318. The minimum atomic E-state index is -0.714. The number of amides is 3. The van der Waals surface area contributed by atoms with Crippen molar-refractivity contribution in [3.63, 3.8) is 0 Å². The molecular weight excluding hydrogens is 366 g/mol. The third-order valence-corrected chi connectivity index (χ3v) is 4.68. The Labute approximate surface area is 170 Å². The number of para-hydroxylation sites is 2. The van der Waals surface area contributed by atoms with Gasteiger partial charge in [-0.25, -0.2) is 9.78 Å². The van der Waals surface area contributed by atoms with Crippen molar-refractivity contribution in [1.82, 2.24) is 20.6 Å². The van der Waals surface area contributed by atoms with Gasteiger partial charge >= 0.3 is 6.03 Å². The predicted molar refractivity (Wildman–Crippen MR) is 113 cm³/mol. The van der Waals surface area contributed by atoms with E-state index in [1.54, 1.807) is 0 Å². The largest absolute Gasteiger partial charge is 0.352 e. The van der Waals surface area contributed by atoms with Gasteiger partial charge in [-0.1, -0.05) is 56.3 Å². The molecule has 7 heteroatoms. The highest BCUT2D eigenvalue weighted by Crippen LogP contribution is 2.20. The number of benzene rings is 2. The van der Waals surface area contributed by atoms with Crippen LogP contribution in [-0.4, -0.2) is 27.9 Å². The first-order chi connectivity index (χ1) is 13.9. The Morgan fingerprint density at radius 3 is 2.38 bits per heavy atom. The predicted octanol–water partition coefficient (Wildman–Crippen LogP) is 3.05. The maximum atomic E-state index is 13.0. The van der Waals surface area contributed by atoms with Crippen LogP contribution in [0.25, 0.3) is 11.0 Å². The molecule has 0 aliphatic rings. The van der Waals surface area contributed by atoms with E-state index in [1.165, 1.54) is 0 Å². The number of primary amides is 1. The highest BCUT2D eigenvalue weighted by Gasteiger charge is 2.26. The van der Waals surface area contributed by atoms with Crippen LogP contribution >= 0.6 is 0 Å². The number of nitrogens with one attached hydrogen (secondary N) is 3. The average Bonchev–Trinajstić information content (AvgIpc) is 3.11. The highest BCUT2D eigenvalue weighted by atomic mass is 16.2. The van der Waals surface area contributed by atoms with Gasteiger partial charge in [0.1, 0.15) is 11.9 Å². The van der Waals surface area contributed by atoms with Crippen LogP contribution in [0.2, 0.25) is 0 Å². The normalized spacial score (nSPS) is 13.2. The summed E-state index contributed by atoms with van der Waals surface area (Å²) in [6, 6.07) is 15.8. The zero-order chi connectivity index (χ0) is 20.8. The molecule has 3 rings (SSSR count). The zero-order valence-electron chi connectivity index (χ0n) is 16.7. The monoisotopic (exact) mass is 393 g/mol. The van der Waals surface area contributed by atoms with Gasteiger partial charge < -0.3 is 21.4 Å². The number of fused-ring (bicyclic) bond motifs is 1. The molecule has 3 amide bonds. The molecule has 0 aliphatic carbocycles. The van der Waals surface area contributed by atoms with E-state index in [4.69, 9.17) is 5.73 Å². The van der Waals surface area contributed by atoms with Gasteiger partial charge in [0.15, 0.2) is 0 Å². The summed E-state index contributed by atoms with van der Waals surface area (Å²) in [5, 5.41) is 5.61. The van der Waals surface area contributed by atoms with Gasteiger partial charge in [0.05, 0.1) is 17.1 Å². The average molecular weight is 393 g/mol. The standard InChI is InChI=1S/C22H27N5O2/c1-14(2)12-19(27-22(23)29)21(28)26-18(13-15-8-4-3-5-9-15)20-24-16-10-6-7-11-17(16)25-20/h3-11,14,18-19H,12-13H2,1-2H3,(H,24,25)(H,26,28)(H3,23,27,29)/t18-,19+/m1/s1. The van der Waals surface area contributed by atoms with Crippen molar-refractivity contribution in [3.8, 4) is 0 Å². The first-order valence-corrected chi connectivity index (χ1v) is 9.77. The molecule has 3 aromatic rings. The van der Waals surface area contributed by atoms with Crippen LogP contribution in [0.15, 0.2) is 54.6 Å². The van der Waals surface area contributed by atoms with E-state index in [2.05, 4.69) is 20.6 Å². The molecule has 0 spiro atoms. The lowest BCUT2D eigenvalue weighted by atomic mass is 10.0. The molecule has 1 heterocycles. The molecule has 5 N–H and O–H groups in total. The Morgan fingerprint density at radius 1 is 1.03 bits per heavy atom. The van der Waals surface area contributed by atoms with Gasteiger partial charge in [-0.05, 0) is 36.5 Å². The van der Waals surface area contributed by atoms with Gasteiger partial charge in [-0.2, -0.15) is 0 Å². The van der Waals surface area contributed by atoms with Gasteiger partial charge in [-0.3, -0.25) is 4.79 Å². The number of carbonyl (C=O) groups is 2. The second kappa shape index (κ2) is 9.23. The fourth-order valence-corrected chi connectivity index (χ4v) is 3.35. The summed E-state index contributed by atoms with van der Waals surface area (Å²) < 4.78 is 0. The van der Waals surface area contributed by atoms with Crippen molar-refractivity contribution in [1.29, 1.82) is 0 Å². The van der Waals surface area contributed by atoms with Gasteiger partial charge in [-0.15, -0.1) is 0 Å². The summed E-state index contributed by atoms with van der Waals surface area (Å²) in [5.74, 6) is 0.612. The Balaban J connectivity index is 1.87. The van der Waals surface area contributed by atoms with Crippen LogP contribution in [-0.2, 0) is 11.2 Å². The Kier molecular flexibility index (Phi) is 6.49. The minimum Gasteiger partial charge on any atom is -0.352 e. The Morgan fingerprint density at radius 2 is 1.72 bits per heavy atom. The zero-order valence-corrected chi connectivity index (χ0v) is 16.7. The topological polar surface area (TPSA) is 113 Å². The van der Waals surface area contributed by atoms with Crippen molar-refractivity contribution in [2.24, 2.45) is 11.7 Å². The molecule has 0 saturated carbocycles. The summed E-state index contributed by atoms with van der Waals surface area (Å²) in [4.78, 5) is 32.3. The van der Waals surface area contributed by atoms with Gasteiger partial charge in [0.25, 0.3) is 0 Å². The van der Waals surface area contributed by atoms with E-state index in [9.17, 15) is 9.59 Å². The van der Waals surface area contributed by atoms with Crippen molar-refractivity contribution >= 4 is 23.0 Å². The number of nitrogens with zero attached hydrogens (tertiary/aromatic N) is 1. The number of hydrogen-bond acceptors (Lipinski definition) is 3. The van der Waals surface area contributed by atoms with Crippen molar-refractivity contribution in [3.05, 3.63) is 66.0 Å². The van der Waals surface area contributed by atoms with Crippen LogP contribution in [0.4, 0.5) is 4.79 Å². The molecule has 152 valence electrons. The molecule has 0 unspecified atom stereocenters. The number of rotatable bonds is 8. The first-order valence-electron chi connectivity index (χ1n) is 9.77. The van der Waals surface area contributed by atoms with E-state index in [-0.39, 0.29) is 17.9 Å². The molecule has 0 bridgehead atoms. The van der Waals surface area contributed by atoms with Crippen LogP contribution in [0.1, 0.15) is 37.7 Å². The third-order valence-electron chi connectivity index (χ3n) is 4.68. The van der Waals surface area contributed by atoms with Crippen LogP contribution in [0.3, 0.4) is 0 Å². The molecule has 2 atom stereocenters. The number of urea groups is 1. The highest BCUT2D eigenvalue weighted by molar-refractivity contribution is 5.87. The number of hydrogen-bond donors (Lipinski definition) is 4. The molecule has 0 radical (unpaired) electrons. The van der Waals surface area contributed by atoms with Crippen molar-refractivity contribution in [2.75, 3.05) is 0 Å². The van der Waals surface area contributed by atoms with E-state index >= 15 is 0 Å². The van der Waals surface area contributed by atoms with E-state index in [0.717, 1.165) is 16.6 Å². The maximum absolute atomic E-state index is 13.0. The quantitative estimate of drug-likeness (QED) is 0.472. The molecular formula is C22H27N5O2. The third kappa shape index (κ3) is 5.57. The second-order valence-electron chi connectivity index (χ2n) is 7.58. The number of imidazole rings is 1. The van der Waals surface area contributed by atoms with Crippen molar-refractivity contribution < 1.29 is 9.59 Å². The van der Waals surface area contributed by atoms with Crippen LogP contribution in [0, 0.1) is 5.92 Å². The number of aromatic amines is 1. The summed E-state index contributed by atoms with van der Waals surface area (Å²) in [6.45, 7) is 3.98. The molecule has 0 fully saturated rings. The molecule has 0 saturated heterocycles. The molecule has 2 aromatic carbocycles. The number of H-pyrrole nitrogens is 1. The molecule has 1 aromatic heterocycles. The van der Waals surface area contributed by atoms with Crippen molar-refractivity contribution in [2.45, 2.75) is 38.8 Å². The lowest BCUT2D eigenvalue weighted by Crippen LogP contribution is -2.50. The summed E-state index contributed by atoms with van der Waals surface area (Å²) >= 11 is 0. The smallest absolute Gasteiger partial charge is 0.312 e. The number of nitrogens with two attached hydrogens (primary N) is 1. The van der Waals surface area contributed by atoms with Crippen LogP contribution < -0.4 is 16.4 Å². The van der Waals surface area contributed by atoms with E-state index < -0.39 is 12.1 Å². The Bertz CT molecular complexity index is 935. The van der Waals surface area contributed by atoms with Crippen LogP contribution in [0.5, 0.6) is 0 Å². The molecule has 29 heavy (non-hydrogen) atoms. The summed E-state index contributed by atoms with van der Waals surface area (Å²) in [7, 11) is 0. The number of carbonyl (C=O) groups excluding carboxylic acids is 2. The second-order valence-corrected chi connectivity index (χ2v) is 7.58. The van der Waals surface area contributed by atoms with E-state index in [1.807, 2.05) is 68.4 Å². The fourth-order valence-electron chi connectivity index (χ4n) is 3.35. The number of aromatic nitrogens is 2. The van der Waals surface area contributed by atoms with Gasteiger partial charge in [0.2, 0.25) is 5.91 Å². The molecule has 7 nitrogen and oxygen atoms in total. The summed E-state index contributed by atoms with van der Waals surface area (Å²) in [5.41, 5.74) is 8.09. The van der Waals surface area contributed by atoms with E-state index in [0.29, 0.717) is 18.7 Å². The maximum Gasteiger partial charge on any atom is 0.312 e. The lowest BCUT2D eigenvalue weighted by Gasteiger charge is -2.23. The lowest BCUT2D eigenvalue weighted by molar-refractivity contribution is -0.124.